The van der Waals surface area contributed by atoms with Crippen molar-refractivity contribution in [2.45, 2.75) is 51.2 Å². The average Bonchev–Trinajstić information content (AvgIpc) is 3.48. The molecule has 2 aromatic carbocycles. The highest BCUT2D eigenvalue weighted by Crippen LogP contribution is 2.45. The molecule has 186 valence electrons. The molecule has 0 amide bonds. The van der Waals surface area contributed by atoms with Gasteiger partial charge in [0, 0.05) is 32.6 Å². The largest absolute Gasteiger partial charge is 0.493 e. The first kappa shape index (κ1) is 26.0. The minimum atomic E-state index is -0.853. The molecule has 1 aliphatic carbocycles. The van der Waals surface area contributed by atoms with Crippen LogP contribution in [0.3, 0.4) is 0 Å². The van der Waals surface area contributed by atoms with Gasteiger partial charge in [-0.2, -0.15) is 0 Å². The van der Waals surface area contributed by atoms with E-state index in [1.165, 1.54) is 18.4 Å². The number of carbonyl (C=O) groups is 1. The van der Waals surface area contributed by atoms with Crippen LogP contribution in [0.2, 0.25) is 0 Å². The van der Waals surface area contributed by atoms with E-state index in [0.29, 0.717) is 18.8 Å². The number of rotatable bonds is 8. The van der Waals surface area contributed by atoms with Crippen molar-refractivity contribution in [3.63, 3.8) is 0 Å². The van der Waals surface area contributed by atoms with Crippen LogP contribution in [0.4, 0.5) is 0 Å². The third kappa shape index (κ3) is 6.29. The maximum Gasteiger partial charge on any atom is 0.311 e. The zero-order chi connectivity index (χ0) is 24.6. The van der Waals surface area contributed by atoms with Gasteiger partial charge in [0.05, 0.1) is 25.7 Å². The third-order valence-corrected chi connectivity index (χ3v) is 6.89. The number of nitrogens with one attached hydrogen (secondary N) is 1. The molecule has 4 rings (SSSR count). The lowest BCUT2D eigenvalue weighted by molar-refractivity contribution is -0.148. The summed E-state index contributed by atoms with van der Waals surface area (Å²) in [4.78, 5) is 18.8. The van der Waals surface area contributed by atoms with Crippen molar-refractivity contribution < 1.29 is 24.2 Å². The summed E-state index contributed by atoms with van der Waals surface area (Å²) in [7, 11) is 4.93. The van der Waals surface area contributed by atoms with Crippen molar-refractivity contribution in [1.29, 1.82) is 0 Å². The van der Waals surface area contributed by atoms with Gasteiger partial charge in [-0.3, -0.25) is 9.69 Å². The van der Waals surface area contributed by atoms with Gasteiger partial charge in [-0.05, 0) is 55.9 Å². The van der Waals surface area contributed by atoms with Crippen LogP contribution in [0.1, 0.15) is 49.7 Å². The van der Waals surface area contributed by atoms with Crippen LogP contribution in [-0.4, -0.2) is 56.4 Å². The second-order valence-electron chi connectivity index (χ2n) is 9.27. The van der Waals surface area contributed by atoms with Crippen molar-refractivity contribution in [3.8, 4) is 11.5 Å². The van der Waals surface area contributed by atoms with Crippen molar-refractivity contribution in [3.05, 3.63) is 59.7 Å². The van der Waals surface area contributed by atoms with E-state index < -0.39 is 11.4 Å². The molecular formula is C27H38N2O5. The molecule has 2 fully saturated rings. The van der Waals surface area contributed by atoms with E-state index in [0.717, 1.165) is 30.7 Å². The monoisotopic (exact) mass is 470 g/mol. The molecule has 0 bridgehead atoms. The van der Waals surface area contributed by atoms with E-state index in [1.807, 2.05) is 43.3 Å². The highest BCUT2D eigenvalue weighted by atomic mass is 16.6. The minimum Gasteiger partial charge on any atom is -0.493 e. The molecule has 1 heterocycles. The Morgan fingerprint density at radius 1 is 1.12 bits per heavy atom. The molecular weight excluding hydrogens is 432 g/mol. The Balaban J connectivity index is 0.000000751. The van der Waals surface area contributed by atoms with Gasteiger partial charge in [0.2, 0.25) is 0 Å². The zero-order valence-electron chi connectivity index (χ0n) is 20.8. The molecule has 1 aliphatic heterocycles. The van der Waals surface area contributed by atoms with E-state index >= 15 is 0 Å². The molecule has 34 heavy (non-hydrogen) atoms. The highest BCUT2D eigenvalue weighted by Gasteiger charge is 2.49. The smallest absolute Gasteiger partial charge is 0.311 e. The number of hydroxylamine groups is 1. The second-order valence-corrected chi connectivity index (χ2v) is 9.27. The lowest BCUT2D eigenvalue weighted by atomic mass is 9.76. The number of hydrogen-bond acceptors (Lipinski definition) is 6. The van der Waals surface area contributed by atoms with Gasteiger partial charge in [-0.25, -0.2) is 5.48 Å². The first-order valence-electron chi connectivity index (χ1n) is 11.9. The number of methoxy groups -OCH3 is 1. The Kier molecular flexibility index (Phi) is 9.33. The first-order valence-corrected chi connectivity index (χ1v) is 11.9. The first-order chi connectivity index (χ1) is 16.4. The predicted octanol–water partition coefficient (Wildman–Crippen LogP) is 4.47. The van der Waals surface area contributed by atoms with Crippen LogP contribution in [-0.2, 0) is 16.2 Å². The molecule has 7 heteroatoms. The third-order valence-electron chi connectivity index (χ3n) is 6.89. The standard InChI is InChI=1S/C25H31NO4.C2H7NO/c1-25(24(27)28)17-26(15-18-8-4-3-5-9-18)16-21(25)19-12-13-22(29-2)23(14-19)30-20-10-6-7-11-20;1-3-4-2/h3-5,8-9,12-14,20-21H,6-7,10-11,15-17H2,1-2H3,(H,27,28);3H,1-2H3/t21-,25+;/m0./s1. The van der Waals surface area contributed by atoms with Crippen LogP contribution in [0.5, 0.6) is 11.5 Å². The number of hydrogen-bond donors (Lipinski definition) is 2. The Morgan fingerprint density at radius 2 is 1.79 bits per heavy atom. The van der Waals surface area contributed by atoms with E-state index in [4.69, 9.17) is 9.47 Å². The number of carboxylic acids is 1. The maximum atomic E-state index is 12.3. The lowest BCUT2D eigenvalue weighted by Crippen LogP contribution is -2.35. The predicted molar refractivity (Wildman–Crippen MR) is 132 cm³/mol. The van der Waals surface area contributed by atoms with Crippen molar-refractivity contribution >= 4 is 5.97 Å². The number of nitrogens with zero attached hydrogens (tertiary/aromatic N) is 1. The Hall–Kier alpha value is -2.61. The summed E-state index contributed by atoms with van der Waals surface area (Å²) in [6, 6.07) is 16.2. The molecule has 2 N–H and O–H groups in total. The average molecular weight is 471 g/mol. The molecule has 1 saturated carbocycles. The fraction of sp³-hybridized carbons (Fsp3) is 0.519. The van der Waals surface area contributed by atoms with Crippen molar-refractivity contribution in [2.75, 3.05) is 34.4 Å². The van der Waals surface area contributed by atoms with Gasteiger partial charge >= 0.3 is 5.97 Å². The molecule has 0 aromatic heterocycles. The van der Waals surface area contributed by atoms with Crippen LogP contribution in [0.25, 0.3) is 0 Å². The van der Waals surface area contributed by atoms with Gasteiger partial charge in [-0.15, -0.1) is 0 Å². The molecule has 0 radical (unpaired) electrons. The number of ether oxygens (including phenoxy) is 2. The molecule has 2 aromatic rings. The van der Waals surface area contributed by atoms with Gasteiger partial charge < -0.3 is 19.4 Å². The van der Waals surface area contributed by atoms with Gasteiger partial charge in [0.25, 0.3) is 0 Å². The molecule has 7 nitrogen and oxygen atoms in total. The number of benzene rings is 2. The number of likely N-dealkylation sites (tertiary alicyclic amines) is 1. The Labute approximate surface area is 203 Å². The lowest BCUT2D eigenvalue weighted by Gasteiger charge is -2.27. The summed E-state index contributed by atoms with van der Waals surface area (Å²) < 4.78 is 11.8. The van der Waals surface area contributed by atoms with Crippen molar-refractivity contribution in [1.82, 2.24) is 10.4 Å². The van der Waals surface area contributed by atoms with Gasteiger partial charge in [-0.1, -0.05) is 36.4 Å². The van der Waals surface area contributed by atoms with E-state index in [-0.39, 0.29) is 12.0 Å². The van der Waals surface area contributed by atoms with E-state index in [9.17, 15) is 9.90 Å². The molecule has 0 unspecified atom stereocenters. The highest BCUT2D eigenvalue weighted by molar-refractivity contribution is 5.77. The van der Waals surface area contributed by atoms with Crippen LogP contribution in [0, 0.1) is 5.41 Å². The van der Waals surface area contributed by atoms with Crippen LogP contribution < -0.4 is 15.0 Å². The van der Waals surface area contributed by atoms with E-state index in [2.05, 4.69) is 27.4 Å². The quantitative estimate of drug-likeness (QED) is 0.551. The minimum absolute atomic E-state index is 0.115. The SMILES string of the molecule is CNOC.COc1ccc([C@@H]2CN(Cc3ccccc3)C[C@@]2(C)C(=O)O)cc1OC1CCCC1. The summed E-state index contributed by atoms with van der Waals surface area (Å²) in [6.45, 7) is 3.84. The normalized spacial score (nSPS) is 22.8. The summed E-state index contributed by atoms with van der Waals surface area (Å²) in [6.07, 6.45) is 4.74. The summed E-state index contributed by atoms with van der Waals surface area (Å²) in [5.74, 6) is 0.575. The van der Waals surface area contributed by atoms with Crippen LogP contribution >= 0.6 is 0 Å². The molecule has 2 atom stereocenters. The zero-order valence-corrected chi connectivity index (χ0v) is 20.8. The Bertz CT molecular complexity index is 914. The fourth-order valence-corrected chi connectivity index (χ4v) is 4.94. The summed E-state index contributed by atoms with van der Waals surface area (Å²) in [5, 5.41) is 10.1. The van der Waals surface area contributed by atoms with E-state index in [1.54, 1.807) is 21.3 Å². The van der Waals surface area contributed by atoms with Crippen LogP contribution in [0.15, 0.2) is 48.5 Å². The second kappa shape index (κ2) is 12.2. The summed E-state index contributed by atoms with van der Waals surface area (Å²) >= 11 is 0. The fourth-order valence-electron chi connectivity index (χ4n) is 4.94. The molecule has 1 saturated heterocycles. The number of carboxylic acid groups (broad SMARTS) is 1. The maximum absolute atomic E-state index is 12.3. The van der Waals surface area contributed by atoms with Crippen molar-refractivity contribution in [2.24, 2.45) is 5.41 Å². The summed E-state index contributed by atoms with van der Waals surface area (Å²) in [5.41, 5.74) is 3.78. The van der Waals surface area contributed by atoms with Gasteiger partial charge in [0.1, 0.15) is 0 Å². The van der Waals surface area contributed by atoms with Gasteiger partial charge in [0.15, 0.2) is 11.5 Å². The molecule has 0 spiro atoms. The molecule has 2 aliphatic rings. The topological polar surface area (TPSA) is 80.3 Å². The number of aliphatic carboxylic acids is 1. The Morgan fingerprint density at radius 3 is 2.38 bits per heavy atom.